The first-order chi connectivity index (χ1) is 4.80. The predicted molar refractivity (Wildman–Crippen MR) is 36.1 cm³/mol. The zero-order chi connectivity index (χ0) is 7.19. The molecule has 2 nitrogen and oxygen atoms in total. The fourth-order valence-electron chi connectivity index (χ4n) is 1.37. The van der Waals surface area contributed by atoms with Crippen LogP contribution in [0.5, 0.6) is 0 Å². The monoisotopic (exact) mass is 133 g/mol. The Morgan fingerprint density at radius 2 is 2.80 bits per heavy atom. The van der Waals surface area contributed by atoms with Gasteiger partial charge < -0.3 is 4.74 Å². The molecule has 0 aromatic carbocycles. The van der Waals surface area contributed by atoms with Gasteiger partial charge in [0.25, 0.3) is 0 Å². The van der Waals surface area contributed by atoms with Gasteiger partial charge in [0.05, 0.1) is 6.07 Å². The summed E-state index contributed by atoms with van der Waals surface area (Å²) in [5, 5.41) is 8.51. The quantitative estimate of drug-likeness (QED) is 0.397. The number of nitriles is 1. The van der Waals surface area contributed by atoms with E-state index in [0.717, 1.165) is 12.0 Å². The Balaban J connectivity index is 2.23. The molecule has 2 atom stereocenters. The predicted octanol–water partition coefficient (Wildman–Crippen LogP) is 1.16. The summed E-state index contributed by atoms with van der Waals surface area (Å²) in [6.45, 7) is 3.66. The van der Waals surface area contributed by atoms with Crippen LogP contribution in [0.25, 0.3) is 0 Å². The van der Waals surface area contributed by atoms with E-state index in [1.807, 2.05) is 6.08 Å². The fourth-order valence-corrected chi connectivity index (χ4v) is 1.37. The zero-order valence-electron chi connectivity index (χ0n) is 5.50. The van der Waals surface area contributed by atoms with Gasteiger partial charge in [-0.05, 0) is 6.08 Å². The van der Waals surface area contributed by atoms with Crippen molar-refractivity contribution < 1.29 is 4.74 Å². The van der Waals surface area contributed by atoms with Gasteiger partial charge in [0.2, 0.25) is 0 Å². The highest BCUT2D eigenvalue weighted by Gasteiger charge is 2.57. The lowest BCUT2D eigenvalue weighted by molar-refractivity contribution is 0.332. The Morgan fingerprint density at radius 3 is 3.20 bits per heavy atom. The van der Waals surface area contributed by atoms with Crippen molar-refractivity contribution in [2.24, 2.45) is 0 Å². The minimum absolute atomic E-state index is 0.152. The molecule has 0 aromatic rings. The van der Waals surface area contributed by atoms with Gasteiger partial charge >= 0.3 is 0 Å². The average molecular weight is 133 g/mol. The minimum Gasteiger partial charge on any atom is -0.357 e. The molecule has 1 fully saturated rings. The summed E-state index contributed by atoms with van der Waals surface area (Å²) < 4.78 is 5.28. The number of nitrogens with zero attached hydrogens (tertiary/aromatic N) is 1. The third-order valence-corrected chi connectivity index (χ3v) is 2.08. The van der Waals surface area contributed by atoms with Crippen molar-refractivity contribution in [1.29, 1.82) is 5.26 Å². The number of hydrogen-bond acceptors (Lipinski definition) is 2. The first-order valence-corrected chi connectivity index (χ1v) is 3.23. The van der Waals surface area contributed by atoms with Crippen molar-refractivity contribution in [3.8, 4) is 6.07 Å². The molecule has 2 heteroatoms. The SMILES string of the molecule is C=CC12CC(C#N)=CC1O2. The van der Waals surface area contributed by atoms with Crippen molar-refractivity contribution in [2.45, 2.75) is 18.1 Å². The molecule has 1 heterocycles. The molecule has 10 heavy (non-hydrogen) atoms. The van der Waals surface area contributed by atoms with Gasteiger partial charge in [0.15, 0.2) is 0 Å². The van der Waals surface area contributed by atoms with Crippen molar-refractivity contribution >= 4 is 0 Å². The summed E-state index contributed by atoms with van der Waals surface area (Å²) in [4.78, 5) is 0. The van der Waals surface area contributed by atoms with Gasteiger partial charge in [-0.1, -0.05) is 6.08 Å². The summed E-state index contributed by atoms with van der Waals surface area (Å²) in [7, 11) is 0. The average Bonchev–Trinajstić information content (AvgIpc) is 2.55. The molecule has 0 saturated carbocycles. The summed E-state index contributed by atoms with van der Waals surface area (Å²) in [5.41, 5.74) is 0.654. The molecule has 1 aliphatic heterocycles. The Morgan fingerprint density at radius 1 is 2.00 bits per heavy atom. The number of rotatable bonds is 1. The van der Waals surface area contributed by atoms with Crippen molar-refractivity contribution in [3.05, 3.63) is 24.3 Å². The molecule has 0 bridgehead atoms. The summed E-state index contributed by atoms with van der Waals surface area (Å²) in [6.07, 6.45) is 4.54. The first kappa shape index (κ1) is 5.70. The van der Waals surface area contributed by atoms with Gasteiger partial charge in [0.1, 0.15) is 11.7 Å². The molecule has 1 aliphatic carbocycles. The van der Waals surface area contributed by atoms with Gasteiger partial charge in [0, 0.05) is 12.0 Å². The van der Waals surface area contributed by atoms with Crippen LogP contribution in [0.15, 0.2) is 24.3 Å². The van der Waals surface area contributed by atoms with Crippen LogP contribution in [0.4, 0.5) is 0 Å². The van der Waals surface area contributed by atoms with Crippen LogP contribution in [-0.2, 0) is 4.74 Å². The molecule has 1 saturated heterocycles. The van der Waals surface area contributed by atoms with Crippen LogP contribution in [0, 0.1) is 11.3 Å². The van der Waals surface area contributed by atoms with E-state index in [0.29, 0.717) is 0 Å². The van der Waals surface area contributed by atoms with Crippen molar-refractivity contribution in [3.63, 3.8) is 0 Å². The van der Waals surface area contributed by atoms with Gasteiger partial charge in [-0.2, -0.15) is 5.26 Å². The lowest BCUT2D eigenvalue weighted by Gasteiger charge is -1.97. The molecule has 0 radical (unpaired) electrons. The van der Waals surface area contributed by atoms with Crippen molar-refractivity contribution in [2.75, 3.05) is 0 Å². The zero-order valence-corrected chi connectivity index (χ0v) is 5.50. The van der Waals surface area contributed by atoms with Crippen LogP contribution >= 0.6 is 0 Å². The van der Waals surface area contributed by atoms with E-state index in [4.69, 9.17) is 10.00 Å². The number of epoxide rings is 1. The maximum Gasteiger partial charge on any atom is 0.121 e. The molecular weight excluding hydrogens is 126 g/mol. The second-order valence-corrected chi connectivity index (χ2v) is 2.68. The van der Waals surface area contributed by atoms with E-state index in [2.05, 4.69) is 12.6 Å². The van der Waals surface area contributed by atoms with E-state index in [1.54, 1.807) is 6.08 Å². The number of hydrogen-bond donors (Lipinski definition) is 0. The Hall–Kier alpha value is -1.07. The first-order valence-electron chi connectivity index (χ1n) is 3.23. The van der Waals surface area contributed by atoms with Gasteiger partial charge in [-0.3, -0.25) is 0 Å². The minimum atomic E-state index is -0.176. The molecule has 2 aliphatic rings. The van der Waals surface area contributed by atoms with E-state index >= 15 is 0 Å². The molecule has 2 rings (SSSR count). The fraction of sp³-hybridized carbons (Fsp3) is 0.375. The summed E-state index contributed by atoms with van der Waals surface area (Å²) in [5.74, 6) is 0. The lowest BCUT2D eigenvalue weighted by Crippen LogP contribution is -2.04. The maximum absolute atomic E-state index is 8.51. The van der Waals surface area contributed by atoms with Crippen LogP contribution < -0.4 is 0 Å². The largest absolute Gasteiger partial charge is 0.357 e. The topological polar surface area (TPSA) is 36.3 Å². The third-order valence-electron chi connectivity index (χ3n) is 2.08. The molecule has 0 N–H and O–H groups in total. The second kappa shape index (κ2) is 1.50. The highest BCUT2D eigenvalue weighted by Crippen LogP contribution is 2.49. The Kier molecular flexibility index (Phi) is 0.855. The standard InChI is InChI=1S/C8H7NO/c1-2-8-4-6(5-9)3-7(8)10-8/h2-3,7H,1,4H2. The molecular formula is C8H7NO. The van der Waals surface area contributed by atoms with E-state index < -0.39 is 0 Å². The van der Waals surface area contributed by atoms with E-state index in [-0.39, 0.29) is 11.7 Å². The van der Waals surface area contributed by atoms with Crippen LogP contribution in [0.3, 0.4) is 0 Å². The molecule has 0 amide bonds. The number of fused-ring (bicyclic) bond motifs is 1. The van der Waals surface area contributed by atoms with Crippen LogP contribution in [-0.4, -0.2) is 11.7 Å². The maximum atomic E-state index is 8.51. The summed E-state index contributed by atoms with van der Waals surface area (Å²) >= 11 is 0. The normalized spacial score (nSPS) is 41.5. The van der Waals surface area contributed by atoms with Gasteiger partial charge in [-0.15, -0.1) is 6.58 Å². The molecule has 2 unspecified atom stereocenters. The van der Waals surface area contributed by atoms with Crippen LogP contribution in [0.1, 0.15) is 6.42 Å². The highest BCUT2D eigenvalue weighted by atomic mass is 16.6. The van der Waals surface area contributed by atoms with E-state index in [1.165, 1.54) is 0 Å². The molecule has 0 aromatic heterocycles. The molecule has 0 spiro atoms. The van der Waals surface area contributed by atoms with Gasteiger partial charge in [-0.25, -0.2) is 0 Å². The van der Waals surface area contributed by atoms with E-state index in [9.17, 15) is 0 Å². The van der Waals surface area contributed by atoms with Crippen LogP contribution in [0.2, 0.25) is 0 Å². The Bertz CT molecular complexity index is 261. The smallest absolute Gasteiger partial charge is 0.121 e. The number of ether oxygens (including phenoxy) is 1. The lowest BCUT2D eigenvalue weighted by atomic mass is 10.1. The highest BCUT2D eigenvalue weighted by molar-refractivity contribution is 5.41. The van der Waals surface area contributed by atoms with Crippen molar-refractivity contribution in [1.82, 2.24) is 0 Å². The Labute approximate surface area is 59.4 Å². The third kappa shape index (κ3) is 0.507. The molecule has 50 valence electrons. The summed E-state index contributed by atoms with van der Waals surface area (Å²) in [6, 6.07) is 2.12. The second-order valence-electron chi connectivity index (χ2n) is 2.68.